The Morgan fingerprint density at radius 3 is 1.69 bits per heavy atom. The zero-order valence-corrected chi connectivity index (χ0v) is 7.86. The van der Waals surface area contributed by atoms with Crippen molar-refractivity contribution < 1.29 is 22.6 Å². The van der Waals surface area contributed by atoms with Crippen molar-refractivity contribution in [2.75, 3.05) is 13.2 Å². The third-order valence-electron chi connectivity index (χ3n) is 2.16. The highest BCUT2D eigenvalue weighted by atomic mass is 19.4. The molecule has 1 aliphatic rings. The first kappa shape index (κ1) is 10.8. The lowest BCUT2D eigenvalue weighted by Crippen LogP contribution is -2.52. The van der Waals surface area contributed by atoms with Crippen LogP contribution in [-0.4, -0.2) is 25.2 Å². The van der Waals surface area contributed by atoms with E-state index in [4.69, 9.17) is 9.47 Å². The molecule has 0 amide bonds. The van der Waals surface area contributed by atoms with Crippen molar-refractivity contribution in [2.45, 2.75) is 32.7 Å². The van der Waals surface area contributed by atoms with Gasteiger partial charge in [0, 0.05) is 0 Å². The van der Waals surface area contributed by atoms with E-state index in [1.165, 1.54) is 0 Å². The average molecular weight is 198 g/mol. The zero-order chi connectivity index (χ0) is 10.3. The van der Waals surface area contributed by atoms with E-state index in [2.05, 4.69) is 0 Å². The maximum Gasteiger partial charge on any atom is 0.398 e. The van der Waals surface area contributed by atoms with Gasteiger partial charge in [0.2, 0.25) is 0 Å². The summed E-state index contributed by atoms with van der Waals surface area (Å²) in [6.07, 6.45) is -4.27. The molecule has 1 saturated heterocycles. The molecule has 0 N–H and O–H groups in total. The fraction of sp³-hybridized carbons (Fsp3) is 1.00. The van der Waals surface area contributed by atoms with Crippen LogP contribution in [0.25, 0.3) is 0 Å². The molecule has 0 aromatic carbocycles. The van der Waals surface area contributed by atoms with Gasteiger partial charge in [-0.15, -0.1) is 0 Å². The Kier molecular flexibility index (Phi) is 2.37. The van der Waals surface area contributed by atoms with E-state index in [1.54, 1.807) is 13.8 Å². The van der Waals surface area contributed by atoms with E-state index in [0.717, 1.165) is 6.92 Å². The van der Waals surface area contributed by atoms with Gasteiger partial charge in [0.25, 0.3) is 0 Å². The third kappa shape index (κ3) is 2.14. The molecule has 5 heteroatoms. The lowest BCUT2D eigenvalue weighted by atomic mass is 9.91. The fourth-order valence-corrected chi connectivity index (χ4v) is 0.913. The number of hydrogen-bond donors (Lipinski definition) is 0. The van der Waals surface area contributed by atoms with E-state index < -0.39 is 17.4 Å². The number of alkyl halides is 3. The molecule has 1 rings (SSSR count). The molecule has 2 nitrogen and oxygen atoms in total. The second kappa shape index (κ2) is 2.85. The summed E-state index contributed by atoms with van der Waals surface area (Å²) in [5, 5.41) is 0. The lowest BCUT2D eigenvalue weighted by Gasteiger charge is -2.42. The quantitative estimate of drug-likeness (QED) is 0.594. The molecule has 0 unspecified atom stereocenters. The van der Waals surface area contributed by atoms with E-state index in [0.29, 0.717) is 0 Å². The number of rotatable bonds is 0. The summed E-state index contributed by atoms with van der Waals surface area (Å²) in [5.41, 5.74) is -1.87. The summed E-state index contributed by atoms with van der Waals surface area (Å²) >= 11 is 0. The van der Waals surface area contributed by atoms with Gasteiger partial charge >= 0.3 is 6.18 Å². The Morgan fingerprint density at radius 2 is 1.38 bits per heavy atom. The van der Waals surface area contributed by atoms with Crippen LogP contribution in [0.15, 0.2) is 0 Å². The van der Waals surface area contributed by atoms with Crippen LogP contribution in [-0.2, 0) is 9.47 Å². The summed E-state index contributed by atoms with van der Waals surface area (Å²) in [6.45, 7) is 3.61. The zero-order valence-electron chi connectivity index (χ0n) is 7.86. The SMILES string of the molecule is CC1(C)OCC(C)(C(F)(F)F)CO1. The largest absolute Gasteiger partial charge is 0.398 e. The number of hydrogen-bond acceptors (Lipinski definition) is 2. The van der Waals surface area contributed by atoms with Crippen LogP contribution in [0.1, 0.15) is 20.8 Å². The van der Waals surface area contributed by atoms with Crippen molar-refractivity contribution in [2.24, 2.45) is 5.41 Å². The molecule has 1 heterocycles. The van der Waals surface area contributed by atoms with Crippen LogP contribution >= 0.6 is 0 Å². The van der Waals surface area contributed by atoms with Crippen LogP contribution in [0.2, 0.25) is 0 Å². The van der Waals surface area contributed by atoms with Crippen LogP contribution in [0.5, 0.6) is 0 Å². The van der Waals surface area contributed by atoms with Gasteiger partial charge < -0.3 is 9.47 Å². The van der Waals surface area contributed by atoms with E-state index >= 15 is 0 Å². The Bertz CT molecular complexity index is 188. The topological polar surface area (TPSA) is 18.5 Å². The van der Waals surface area contributed by atoms with Gasteiger partial charge in [-0.2, -0.15) is 13.2 Å². The molecule has 0 aromatic heterocycles. The minimum absolute atomic E-state index is 0.344. The first-order chi connectivity index (χ1) is 5.66. The Balaban J connectivity index is 2.68. The lowest BCUT2D eigenvalue weighted by molar-refractivity contribution is -0.343. The molecular weight excluding hydrogens is 185 g/mol. The van der Waals surface area contributed by atoms with Crippen molar-refractivity contribution in [3.63, 3.8) is 0 Å². The molecular formula is C8H13F3O2. The highest BCUT2D eigenvalue weighted by Gasteiger charge is 2.55. The molecule has 1 fully saturated rings. The molecule has 0 spiro atoms. The van der Waals surface area contributed by atoms with Gasteiger partial charge in [-0.1, -0.05) is 0 Å². The molecule has 1 aliphatic heterocycles. The number of halogens is 3. The van der Waals surface area contributed by atoms with E-state index in [9.17, 15) is 13.2 Å². The van der Waals surface area contributed by atoms with E-state index in [-0.39, 0.29) is 13.2 Å². The van der Waals surface area contributed by atoms with Crippen molar-refractivity contribution in [1.29, 1.82) is 0 Å². The molecule has 0 saturated carbocycles. The Labute approximate surface area is 75.0 Å². The second-order valence-electron chi connectivity index (χ2n) is 4.04. The van der Waals surface area contributed by atoms with Crippen molar-refractivity contribution in [3.8, 4) is 0 Å². The van der Waals surface area contributed by atoms with Crippen molar-refractivity contribution in [1.82, 2.24) is 0 Å². The molecule has 13 heavy (non-hydrogen) atoms. The molecule has 0 aromatic rings. The summed E-state index contributed by atoms with van der Waals surface area (Å²) in [5.74, 6) is -0.898. The van der Waals surface area contributed by atoms with Crippen molar-refractivity contribution >= 4 is 0 Å². The summed E-state index contributed by atoms with van der Waals surface area (Å²) < 4.78 is 47.2. The monoisotopic (exact) mass is 198 g/mol. The maximum atomic E-state index is 12.4. The number of ether oxygens (including phenoxy) is 2. The van der Waals surface area contributed by atoms with Gasteiger partial charge in [-0.3, -0.25) is 0 Å². The van der Waals surface area contributed by atoms with Crippen molar-refractivity contribution in [3.05, 3.63) is 0 Å². The summed E-state index contributed by atoms with van der Waals surface area (Å²) in [6, 6.07) is 0. The van der Waals surface area contributed by atoms with Crippen LogP contribution in [0.3, 0.4) is 0 Å². The molecule has 0 atom stereocenters. The molecule has 0 aliphatic carbocycles. The fourth-order valence-electron chi connectivity index (χ4n) is 0.913. The standard InChI is InChI=1S/C8H13F3O2/c1-6(2)12-4-7(3,5-13-6)8(9,10)11/h4-5H2,1-3H3. The predicted molar refractivity (Wildman–Crippen MR) is 40.1 cm³/mol. The summed E-state index contributed by atoms with van der Waals surface area (Å²) in [7, 11) is 0. The summed E-state index contributed by atoms with van der Waals surface area (Å²) in [4.78, 5) is 0. The van der Waals surface area contributed by atoms with Gasteiger partial charge in [-0.05, 0) is 20.8 Å². The molecule has 78 valence electrons. The average Bonchev–Trinajstić information content (AvgIpc) is 1.94. The van der Waals surface area contributed by atoms with Gasteiger partial charge in [-0.25, -0.2) is 0 Å². The van der Waals surface area contributed by atoms with E-state index in [1.807, 2.05) is 0 Å². The first-order valence-corrected chi connectivity index (χ1v) is 4.01. The normalized spacial score (nSPS) is 27.2. The second-order valence-corrected chi connectivity index (χ2v) is 4.04. The third-order valence-corrected chi connectivity index (χ3v) is 2.16. The van der Waals surface area contributed by atoms with Gasteiger partial charge in [0.1, 0.15) is 5.41 Å². The minimum atomic E-state index is -4.27. The molecule has 0 radical (unpaired) electrons. The van der Waals surface area contributed by atoms with Gasteiger partial charge in [0.05, 0.1) is 13.2 Å². The van der Waals surface area contributed by atoms with Crippen LogP contribution in [0.4, 0.5) is 13.2 Å². The van der Waals surface area contributed by atoms with Gasteiger partial charge in [0.15, 0.2) is 5.79 Å². The first-order valence-electron chi connectivity index (χ1n) is 4.01. The van der Waals surface area contributed by atoms with Crippen LogP contribution < -0.4 is 0 Å². The highest BCUT2D eigenvalue weighted by Crippen LogP contribution is 2.42. The molecule has 0 bridgehead atoms. The highest BCUT2D eigenvalue weighted by molar-refractivity contribution is 4.85. The smallest absolute Gasteiger partial charge is 0.350 e. The Morgan fingerprint density at radius 1 is 1.00 bits per heavy atom. The predicted octanol–water partition coefficient (Wildman–Crippen LogP) is 2.34. The maximum absolute atomic E-state index is 12.4. The Hall–Kier alpha value is -0.290. The van der Waals surface area contributed by atoms with Crippen LogP contribution in [0, 0.1) is 5.41 Å². The minimum Gasteiger partial charge on any atom is -0.350 e.